The molecule has 3 heterocycles. The van der Waals surface area contributed by atoms with Crippen LogP contribution in [0.1, 0.15) is 29.3 Å². The highest BCUT2D eigenvalue weighted by molar-refractivity contribution is 8.00. The van der Waals surface area contributed by atoms with E-state index in [9.17, 15) is 24.3 Å². The molecule has 6 rings (SSSR count). The number of nitrogens with one attached hydrogen (secondary N) is 2. The molecular formula is C35H31N5O8S2. The quantitative estimate of drug-likeness (QED) is 0.0608. The summed E-state index contributed by atoms with van der Waals surface area (Å²) in [5, 5.41) is 21.1. The van der Waals surface area contributed by atoms with Crippen molar-refractivity contribution in [3.8, 4) is 0 Å². The molecule has 13 nitrogen and oxygen atoms in total. The second-order valence-corrected chi connectivity index (χ2v) is 13.0. The van der Waals surface area contributed by atoms with Crippen LogP contribution in [0.25, 0.3) is 0 Å². The maximum atomic E-state index is 13.7. The molecule has 2 aliphatic heterocycles. The summed E-state index contributed by atoms with van der Waals surface area (Å²) in [5.74, 6) is -1.95. The summed E-state index contributed by atoms with van der Waals surface area (Å²) >= 11 is 2.53. The molecule has 1 aromatic heterocycles. The van der Waals surface area contributed by atoms with Crippen molar-refractivity contribution in [3.05, 3.63) is 130 Å². The lowest BCUT2D eigenvalue weighted by molar-refractivity contribution is -0.148. The van der Waals surface area contributed by atoms with E-state index < -0.39 is 40.9 Å². The van der Waals surface area contributed by atoms with Crippen molar-refractivity contribution >= 4 is 57.9 Å². The normalized spacial score (nSPS) is 17.3. The Kier molecular flexibility index (Phi) is 10.2. The van der Waals surface area contributed by atoms with Gasteiger partial charge >= 0.3 is 12.1 Å². The number of rotatable bonds is 12. The van der Waals surface area contributed by atoms with E-state index in [0.29, 0.717) is 10.7 Å². The number of amides is 2. The van der Waals surface area contributed by atoms with E-state index in [-0.39, 0.29) is 29.6 Å². The lowest BCUT2D eigenvalue weighted by Crippen LogP contribution is -2.70. The van der Waals surface area contributed by atoms with E-state index in [2.05, 4.69) is 15.8 Å². The maximum Gasteiger partial charge on any atom is 0.512 e. The van der Waals surface area contributed by atoms with E-state index >= 15 is 0 Å². The predicted octanol–water partition coefficient (Wildman–Crippen LogP) is 4.77. The molecule has 0 bridgehead atoms. The van der Waals surface area contributed by atoms with Gasteiger partial charge in [0.05, 0.1) is 0 Å². The SMILES string of the molecule is CON=C(C(=O)NC1C(=O)N2C(OC(=O)O)=C(COC(C)=O)CS[C@@H]12)c1csc(NC(c2ccccc2)(c2ccccc2)c2ccccc2)n1. The van der Waals surface area contributed by atoms with Gasteiger partial charge in [-0.2, -0.15) is 0 Å². The van der Waals surface area contributed by atoms with Crippen LogP contribution in [0, 0.1) is 0 Å². The first-order valence-corrected chi connectivity index (χ1v) is 17.2. The van der Waals surface area contributed by atoms with Crippen molar-refractivity contribution in [2.75, 3.05) is 24.8 Å². The number of β-lactam (4-membered cyclic amide) rings is 1. The summed E-state index contributed by atoms with van der Waals surface area (Å²) in [7, 11) is 1.29. The van der Waals surface area contributed by atoms with Gasteiger partial charge in [0, 0.05) is 23.6 Å². The van der Waals surface area contributed by atoms with Gasteiger partial charge in [0.1, 0.15) is 36.4 Å². The van der Waals surface area contributed by atoms with Gasteiger partial charge in [-0.15, -0.1) is 23.1 Å². The Morgan fingerprint density at radius 2 is 1.56 bits per heavy atom. The third-order valence-corrected chi connectivity index (χ3v) is 10.1. The summed E-state index contributed by atoms with van der Waals surface area (Å²) in [4.78, 5) is 60.6. The maximum absolute atomic E-state index is 13.7. The number of carbonyl (C=O) groups excluding carboxylic acids is 3. The number of carboxylic acid groups (broad SMARTS) is 1. The Morgan fingerprint density at radius 3 is 2.08 bits per heavy atom. The van der Waals surface area contributed by atoms with Crippen LogP contribution in [0.3, 0.4) is 0 Å². The summed E-state index contributed by atoms with van der Waals surface area (Å²) < 4.78 is 9.92. The number of thioether (sulfide) groups is 1. The van der Waals surface area contributed by atoms with Crippen LogP contribution in [0.4, 0.5) is 9.93 Å². The molecule has 3 N–H and O–H groups in total. The van der Waals surface area contributed by atoms with Crippen LogP contribution < -0.4 is 10.6 Å². The number of ether oxygens (including phenoxy) is 2. The van der Waals surface area contributed by atoms with Crippen molar-refractivity contribution in [1.82, 2.24) is 15.2 Å². The molecule has 2 amide bonds. The number of aromatic nitrogens is 1. The van der Waals surface area contributed by atoms with Crippen LogP contribution in [0.5, 0.6) is 0 Å². The number of nitrogens with zero attached hydrogens (tertiary/aromatic N) is 3. The Morgan fingerprint density at radius 1 is 0.980 bits per heavy atom. The smallest absolute Gasteiger partial charge is 0.461 e. The summed E-state index contributed by atoms with van der Waals surface area (Å²) in [5.41, 5.74) is 2.38. The van der Waals surface area contributed by atoms with Crippen molar-refractivity contribution in [3.63, 3.8) is 0 Å². The Bertz CT molecular complexity index is 1860. The highest BCUT2D eigenvalue weighted by Crippen LogP contribution is 2.42. The number of hydrogen-bond donors (Lipinski definition) is 3. The summed E-state index contributed by atoms with van der Waals surface area (Å²) in [6, 6.07) is 28.9. The fraction of sp³-hybridized carbons (Fsp3) is 0.200. The molecule has 3 aromatic carbocycles. The zero-order valence-electron chi connectivity index (χ0n) is 26.8. The Hall–Kier alpha value is -5.67. The average molecular weight is 714 g/mol. The van der Waals surface area contributed by atoms with Gasteiger partial charge in [-0.25, -0.2) is 9.78 Å². The molecule has 50 heavy (non-hydrogen) atoms. The first kappa shape index (κ1) is 34.2. The minimum atomic E-state index is -1.63. The highest BCUT2D eigenvalue weighted by atomic mass is 32.2. The predicted molar refractivity (Wildman–Crippen MR) is 186 cm³/mol. The van der Waals surface area contributed by atoms with Crippen LogP contribution in [0.15, 0.2) is 113 Å². The van der Waals surface area contributed by atoms with Crippen molar-refractivity contribution in [1.29, 1.82) is 0 Å². The van der Waals surface area contributed by atoms with Crippen LogP contribution in [-0.4, -0.2) is 75.5 Å². The third-order valence-electron chi connectivity index (χ3n) is 7.97. The number of fused-ring (bicyclic) bond motifs is 1. The van der Waals surface area contributed by atoms with Crippen molar-refractivity contribution in [2.24, 2.45) is 5.16 Å². The van der Waals surface area contributed by atoms with Crippen molar-refractivity contribution < 1.29 is 38.6 Å². The van der Waals surface area contributed by atoms with E-state index in [1.54, 1.807) is 5.38 Å². The fourth-order valence-electron chi connectivity index (χ4n) is 5.78. The van der Waals surface area contributed by atoms with Crippen LogP contribution in [0.2, 0.25) is 0 Å². The first-order chi connectivity index (χ1) is 24.2. The molecule has 1 saturated heterocycles. The summed E-state index contributed by atoms with van der Waals surface area (Å²) in [6.45, 7) is 0.966. The number of esters is 1. The van der Waals surface area contributed by atoms with E-state index in [1.165, 1.54) is 37.1 Å². The second-order valence-electron chi connectivity index (χ2n) is 11.1. The first-order valence-electron chi connectivity index (χ1n) is 15.3. The lowest BCUT2D eigenvalue weighted by Gasteiger charge is -2.49. The van der Waals surface area contributed by atoms with E-state index in [0.717, 1.165) is 21.6 Å². The fourth-order valence-corrected chi connectivity index (χ4v) is 7.84. The molecule has 1 unspecified atom stereocenters. The van der Waals surface area contributed by atoms with Gasteiger partial charge in [-0.3, -0.25) is 19.3 Å². The van der Waals surface area contributed by atoms with Gasteiger partial charge in [0.15, 0.2) is 10.8 Å². The Labute approximate surface area is 294 Å². The molecule has 0 aliphatic carbocycles. The minimum absolute atomic E-state index is 0.165. The van der Waals surface area contributed by atoms with E-state index in [4.69, 9.17) is 19.3 Å². The molecule has 0 radical (unpaired) electrons. The number of anilines is 1. The monoisotopic (exact) mass is 713 g/mol. The Balaban J connectivity index is 1.27. The molecule has 4 aromatic rings. The van der Waals surface area contributed by atoms with Crippen LogP contribution in [-0.2, 0) is 34.2 Å². The molecule has 256 valence electrons. The number of benzene rings is 3. The highest BCUT2D eigenvalue weighted by Gasteiger charge is 2.54. The molecule has 15 heteroatoms. The van der Waals surface area contributed by atoms with Crippen molar-refractivity contribution in [2.45, 2.75) is 23.9 Å². The molecule has 2 atom stereocenters. The van der Waals surface area contributed by atoms with Gasteiger partial charge in [-0.1, -0.05) is 96.2 Å². The number of hydrogen-bond acceptors (Lipinski definition) is 12. The molecule has 0 saturated carbocycles. The van der Waals surface area contributed by atoms with Gasteiger partial charge in [0.2, 0.25) is 5.88 Å². The largest absolute Gasteiger partial charge is 0.512 e. The zero-order valence-corrected chi connectivity index (χ0v) is 28.4. The van der Waals surface area contributed by atoms with Crippen LogP contribution >= 0.6 is 23.1 Å². The van der Waals surface area contributed by atoms with Gasteiger partial charge in [-0.05, 0) is 16.7 Å². The zero-order chi connectivity index (χ0) is 35.3. The number of thiazole rings is 1. The summed E-state index contributed by atoms with van der Waals surface area (Å²) in [6.07, 6.45) is -1.63. The standard InChI is InChI=1S/C35H31N5O8S2/c1-21(41)47-18-22-19-49-32-28(30(43)40(32)31(22)48-34(44)45)37-29(42)27(39-46-2)26-20-50-33(36-26)38-35(23-12-6-3-7-13-23,24-14-8-4-9-15-24)25-16-10-5-11-17-25/h3-17,20,28,32H,18-19H2,1-2H3,(H,36,38)(H,37,42)(H,44,45)/t28?,32-/m0/s1. The van der Waals surface area contributed by atoms with E-state index in [1.807, 2.05) is 91.0 Å². The molecule has 1 fully saturated rings. The number of carbonyl (C=O) groups is 4. The van der Waals surface area contributed by atoms with Gasteiger partial charge in [0.25, 0.3) is 11.8 Å². The molecule has 0 spiro atoms. The lowest BCUT2D eigenvalue weighted by atomic mass is 9.77. The molecular weight excluding hydrogens is 683 g/mol. The number of oxime groups is 1. The molecule has 2 aliphatic rings. The topological polar surface area (TPSA) is 169 Å². The van der Waals surface area contributed by atoms with Gasteiger partial charge < -0.3 is 30.1 Å². The third kappa shape index (κ3) is 6.77. The average Bonchev–Trinajstić information content (AvgIpc) is 3.59. The second kappa shape index (κ2) is 14.8. The minimum Gasteiger partial charge on any atom is -0.461 e.